The van der Waals surface area contributed by atoms with Gasteiger partial charge in [0.1, 0.15) is 6.04 Å². The minimum atomic E-state index is -1.09. The van der Waals surface area contributed by atoms with Gasteiger partial charge in [0.15, 0.2) is 0 Å². The Morgan fingerprint density at radius 3 is 2.60 bits per heavy atom. The number of nitrogens with one attached hydrogen (secondary N) is 1. The zero-order valence-electron chi connectivity index (χ0n) is 8.22. The van der Waals surface area contributed by atoms with Crippen molar-refractivity contribution in [3.63, 3.8) is 0 Å². The van der Waals surface area contributed by atoms with E-state index >= 15 is 0 Å². The van der Waals surface area contributed by atoms with Crippen molar-refractivity contribution >= 4 is 12.1 Å². The van der Waals surface area contributed by atoms with Crippen LogP contribution in [0.1, 0.15) is 6.42 Å². The van der Waals surface area contributed by atoms with Crippen molar-refractivity contribution in [3.05, 3.63) is 12.7 Å². The molecule has 0 spiro atoms. The van der Waals surface area contributed by atoms with Crippen LogP contribution in [0.2, 0.25) is 0 Å². The molecule has 1 saturated heterocycles. The number of carboxylic acids is 1. The number of aliphatic carboxylic acids is 1. The monoisotopic (exact) mass is 214 g/mol. The Morgan fingerprint density at radius 1 is 1.47 bits per heavy atom. The first-order valence-corrected chi connectivity index (χ1v) is 4.62. The normalized spacial score (nSPS) is 26.0. The molecular formula is C9H14N2O4. The molecule has 1 heterocycles. The smallest absolute Gasteiger partial charge is 0.407 e. The molecule has 0 bridgehead atoms. The molecule has 0 radical (unpaired) electrons. The Kier molecular flexibility index (Phi) is 3.68. The molecule has 1 amide bonds. The van der Waals surface area contributed by atoms with Crippen LogP contribution in [0, 0.1) is 0 Å². The van der Waals surface area contributed by atoms with Crippen LogP contribution in [0.3, 0.4) is 0 Å². The van der Waals surface area contributed by atoms with Gasteiger partial charge in [-0.25, -0.2) is 4.79 Å². The molecule has 1 fully saturated rings. The summed E-state index contributed by atoms with van der Waals surface area (Å²) in [6.45, 7) is 3.82. The van der Waals surface area contributed by atoms with Crippen molar-refractivity contribution in [2.45, 2.75) is 18.5 Å². The molecule has 0 saturated carbocycles. The fourth-order valence-corrected chi connectivity index (χ4v) is 1.60. The highest BCUT2D eigenvalue weighted by Gasteiger charge is 2.32. The van der Waals surface area contributed by atoms with Gasteiger partial charge in [-0.2, -0.15) is 0 Å². The van der Waals surface area contributed by atoms with Crippen LogP contribution < -0.4 is 5.32 Å². The first kappa shape index (κ1) is 11.5. The molecule has 1 aliphatic heterocycles. The molecule has 0 aliphatic carbocycles. The Hall–Kier alpha value is -1.56. The summed E-state index contributed by atoms with van der Waals surface area (Å²) in [5, 5.41) is 20.5. The minimum Gasteiger partial charge on any atom is -0.480 e. The molecule has 3 N–H and O–H groups in total. The van der Waals surface area contributed by atoms with E-state index in [2.05, 4.69) is 11.9 Å². The standard InChI is InChI=1S/C9H14N2O4/c1-2-3-6-4-11(9(14)15)5-7(10-6)8(12)13/h2,6-7,10H,1,3-5H2,(H,12,13)(H,14,15). The van der Waals surface area contributed by atoms with Crippen LogP contribution >= 0.6 is 0 Å². The van der Waals surface area contributed by atoms with Gasteiger partial charge in [-0.15, -0.1) is 6.58 Å². The molecule has 2 atom stereocenters. The van der Waals surface area contributed by atoms with E-state index in [1.54, 1.807) is 6.08 Å². The number of amides is 1. The van der Waals surface area contributed by atoms with E-state index in [0.29, 0.717) is 13.0 Å². The fourth-order valence-electron chi connectivity index (χ4n) is 1.60. The molecular weight excluding hydrogens is 200 g/mol. The number of carboxylic acid groups (broad SMARTS) is 2. The van der Waals surface area contributed by atoms with Crippen LogP contribution in [-0.4, -0.2) is 52.3 Å². The van der Waals surface area contributed by atoms with E-state index in [0.717, 1.165) is 4.90 Å². The van der Waals surface area contributed by atoms with Gasteiger partial charge >= 0.3 is 12.1 Å². The van der Waals surface area contributed by atoms with E-state index in [-0.39, 0.29) is 12.6 Å². The maximum atomic E-state index is 10.8. The summed E-state index contributed by atoms with van der Waals surface area (Å²) in [6, 6.07) is -1.01. The fraction of sp³-hybridized carbons (Fsp3) is 0.556. The van der Waals surface area contributed by atoms with Gasteiger partial charge in [0.2, 0.25) is 0 Å². The van der Waals surface area contributed by atoms with Crippen molar-refractivity contribution in [1.29, 1.82) is 0 Å². The Balaban J connectivity index is 2.67. The Bertz CT molecular complexity index is 257. The maximum Gasteiger partial charge on any atom is 0.407 e. The topological polar surface area (TPSA) is 89.9 Å². The molecule has 1 aliphatic rings. The summed E-state index contributed by atoms with van der Waals surface area (Å²) >= 11 is 0. The second-order valence-electron chi connectivity index (χ2n) is 3.47. The summed E-state index contributed by atoms with van der Waals surface area (Å²) in [4.78, 5) is 22.6. The third-order valence-corrected chi connectivity index (χ3v) is 2.30. The van der Waals surface area contributed by atoms with Gasteiger partial charge in [-0.05, 0) is 6.42 Å². The van der Waals surface area contributed by atoms with Gasteiger partial charge in [0, 0.05) is 12.6 Å². The molecule has 6 nitrogen and oxygen atoms in total. The first-order chi connectivity index (χ1) is 7.04. The summed E-state index contributed by atoms with van der Waals surface area (Å²) in [7, 11) is 0. The number of piperazine rings is 1. The van der Waals surface area contributed by atoms with Crippen molar-refractivity contribution < 1.29 is 19.8 Å². The molecule has 6 heteroatoms. The van der Waals surface area contributed by atoms with Crippen LogP contribution in [0.25, 0.3) is 0 Å². The van der Waals surface area contributed by atoms with E-state index in [9.17, 15) is 9.59 Å². The third kappa shape index (κ3) is 2.95. The number of rotatable bonds is 3. The third-order valence-electron chi connectivity index (χ3n) is 2.30. The van der Waals surface area contributed by atoms with E-state index in [1.807, 2.05) is 0 Å². The second-order valence-corrected chi connectivity index (χ2v) is 3.47. The van der Waals surface area contributed by atoms with E-state index in [4.69, 9.17) is 10.2 Å². The highest BCUT2D eigenvalue weighted by Crippen LogP contribution is 2.08. The lowest BCUT2D eigenvalue weighted by atomic mass is 10.1. The van der Waals surface area contributed by atoms with Crippen molar-refractivity contribution in [2.24, 2.45) is 0 Å². The predicted molar refractivity (Wildman–Crippen MR) is 52.8 cm³/mol. The van der Waals surface area contributed by atoms with Crippen LogP contribution in [0.4, 0.5) is 4.79 Å². The Morgan fingerprint density at radius 2 is 2.13 bits per heavy atom. The number of hydrogen-bond acceptors (Lipinski definition) is 3. The molecule has 2 unspecified atom stereocenters. The lowest BCUT2D eigenvalue weighted by Crippen LogP contribution is -2.60. The van der Waals surface area contributed by atoms with Crippen LogP contribution in [-0.2, 0) is 4.79 Å². The molecule has 0 aromatic heterocycles. The summed E-state index contributed by atoms with van der Waals surface area (Å²) < 4.78 is 0. The number of nitrogens with zero attached hydrogens (tertiary/aromatic N) is 1. The van der Waals surface area contributed by atoms with Gasteiger partial charge in [0.05, 0.1) is 6.54 Å². The number of hydrogen-bond donors (Lipinski definition) is 3. The second kappa shape index (κ2) is 4.79. The molecule has 15 heavy (non-hydrogen) atoms. The largest absolute Gasteiger partial charge is 0.480 e. The Labute approximate surface area is 87.2 Å². The quantitative estimate of drug-likeness (QED) is 0.574. The molecule has 1 rings (SSSR count). The zero-order chi connectivity index (χ0) is 11.4. The molecule has 84 valence electrons. The average Bonchev–Trinajstić information content (AvgIpc) is 2.17. The zero-order valence-corrected chi connectivity index (χ0v) is 8.22. The predicted octanol–water partition coefficient (Wildman–Crippen LogP) is -0.0325. The minimum absolute atomic E-state index is 0.0156. The van der Waals surface area contributed by atoms with Gasteiger partial charge in [-0.3, -0.25) is 10.1 Å². The summed E-state index contributed by atoms with van der Waals surface area (Å²) in [5.74, 6) is -1.03. The lowest BCUT2D eigenvalue weighted by molar-refractivity contribution is -0.140. The first-order valence-electron chi connectivity index (χ1n) is 4.62. The maximum absolute atomic E-state index is 10.8. The van der Waals surface area contributed by atoms with Crippen LogP contribution in [0.15, 0.2) is 12.7 Å². The van der Waals surface area contributed by atoms with E-state index in [1.165, 1.54) is 0 Å². The molecule has 0 aromatic carbocycles. The van der Waals surface area contributed by atoms with Gasteiger partial charge in [0.25, 0.3) is 0 Å². The van der Waals surface area contributed by atoms with Crippen molar-refractivity contribution in [3.8, 4) is 0 Å². The lowest BCUT2D eigenvalue weighted by Gasteiger charge is -2.35. The van der Waals surface area contributed by atoms with Gasteiger partial charge in [-0.1, -0.05) is 6.08 Å². The van der Waals surface area contributed by atoms with Gasteiger partial charge < -0.3 is 15.1 Å². The van der Waals surface area contributed by atoms with E-state index < -0.39 is 18.1 Å². The average molecular weight is 214 g/mol. The summed E-state index contributed by atoms with van der Waals surface area (Å²) in [5.41, 5.74) is 0. The SMILES string of the molecule is C=CCC1CN(C(=O)O)CC(C(=O)O)N1. The number of carbonyl (C=O) groups is 2. The molecule has 0 aromatic rings. The highest BCUT2D eigenvalue weighted by molar-refractivity contribution is 5.75. The van der Waals surface area contributed by atoms with Crippen molar-refractivity contribution in [1.82, 2.24) is 10.2 Å². The summed E-state index contributed by atoms with van der Waals surface area (Å²) in [6.07, 6.45) is 1.10. The van der Waals surface area contributed by atoms with Crippen LogP contribution in [0.5, 0.6) is 0 Å². The van der Waals surface area contributed by atoms with Crippen molar-refractivity contribution in [2.75, 3.05) is 13.1 Å². The highest BCUT2D eigenvalue weighted by atomic mass is 16.4.